The molecule has 0 amide bonds. The zero-order valence-electron chi connectivity index (χ0n) is 15.7. The Balaban J connectivity index is 1.28. The second-order valence-electron chi connectivity index (χ2n) is 8.13. The lowest BCUT2D eigenvalue weighted by Gasteiger charge is -2.31. The van der Waals surface area contributed by atoms with E-state index in [4.69, 9.17) is 4.98 Å². The van der Waals surface area contributed by atoms with Gasteiger partial charge in [-0.3, -0.25) is 14.3 Å². The summed E-state index contributed by atoms with van der Waals surface area (Å²) >= 11 is 1.83. The second-order valence-corrected chi connectivity index (χ2v) is 9.02. The number of thiazole rings is 1. The SMILES string of the molecule is CC(C)c1cc(=O)n(CC2CCN(Cc3csc(C4CC4)n3)CC2)cn1. The van der Waals surface area contributed by atoms with Crippen LogP contribution in [0.4, 0.5) is 0 Å². The van der Waals surface area contributed by atoms with Crippen LogP contribution in [0, 0.1) is 5.92 Å². The minimum atomic E-state index is 0.0845. The van der Waals surface area contributed by atoms with Crippen molar-refractivity contribution in [2.45, 2.75) is 64.5 Å². The first kappa shape index (κ1) is 17.9. The molecule has 2 aromatic rings. The molecule has 0 spiro atoms. The van der Waals surface area contributed by atoms with Crippen molar-refractivity contribution in [3.8, 4) is 0 Å². The second kappa shape index (κ2) is 7.61. The first-order chi connectivity index (χ1) is 12.6. The molecule has 1 aliphatic carbocycles. The van der Waals surface area contributed by atoms with Gasteiger partial charge in [0.15, 0.2) is 0 Å². The van der Waals surface area contributed by atoms with E-state index in [9.17, 15) is 4.79 Å². The van der Waals surface area contributed by atoms with Gasteiger partial charge in [-0.1, -0.05) is 13.8 Å². The minimum Gasteiger partial charge on any atom is -0.299 e. The third kappa shape index (κ3) is 4.23. The predicted molar refractivity (Wildman–Crippen MR) is 105 cm³/mol. The summed E-state index contributed by atoms with van der Waals surface area (Å²) in [5.74, 6) is 1.62. The Hall–Kier alpha value is -1.53. The highest BCUT2D eigenvalue weighted by molar-refractivity contribution is 7.09. The third-order valence-corrected chi connectivity index (χ3v) is 6.59. The number of rotatable bonds is 6. The molecule has 1 saturated carbocycles. The lowest BCUT2D eigenvalue weighted by Crippen LogP contribution is -2.36. The summed E-state index contributed by atoms with van der Waals surface area (Å²) in [5.41, 5.74) is 2.20. The molecule has 140 valence electrons. The summed E-state index contributed by atoms with van der Waals surface area (Å²) in [7, 11) is 0. The molecule has 2 aromatic heterocycles. The first-order valence-corrected chi connectivity index (χ1v) is 10.7. The van der Waals surface area contributed by atoms with Gasteiger partial charge in [0.2, 0.25) is 0 Å². The quantitative estimate of drug-likeness (QED) is 0.777. The lowest BCUT2D eigenvalue weighted by atomic mass is 9.96. The summed E-state index contributed by atoms with van der Waals surface area (Å²) in [4.78, 5) is 24.0. The summed E-state index contributed by atoms with van der Waals surface area (Å²) in [6.07, 6.45) is 6.66. The molecule has 1 saturated heterocycles. The molecule has 0 bridgehead atoms. The number of likely N-dealkylation sites (tertiary alicyclic amines) is 1. The molecule has 0 radical (unpaired) electrons. The monoisotopic (exact) mass is 372 g/mol. The van der Waals surface area contributed by atoms with Crippen LogP contribution in [-0.4, -0.2) is 32.5 Å². The first-order valence-electron chi connectivity index (χ1n) is 9.81. The van der Waals surface area contributed by atoms with Crippen LogP contribution in [0.25, 0.3) is 0 Å². The summed E-state index contributed by atoms with van der Waals surface area (Å²) in [5, 5.41) is 3.58. The van der Waals surface area contributed by atoms with E-state index in [-0.39, 0.29) is 5.56 Å². The molecular formula is C20H28N4OS. The van der Waals surface area contributed by atoms with Crippen LogP contribution in [0.5, 0.6) is 0 Å². The molecule has 6 heteroatoms. The Morgan fingerprint density at radius 1 is 1.23 bits per heavy atom. The van der Waals surface area contributed by atoms with Gasteiger partial charge in [0.25, 0.3) is 5.56 Å². The van der Waals surface area contributed by atoms with E-state index >= 15 is 0 Å². The maximum Gasteiger partial charge on any atom is 0.253 e. The molecule has 2 fully saturated rings. The number of hydrogen-bond donors (Lipinski definition) is 0. The predicted octanol–water partition coefficient (Wildman–Crippen LogP) is 3.61. The Morgan fingerprint density at radius 2 is 2.00 bits per heavy atom. The van der Waals surface area contributed by atoms with E-state index in [2.05, 4.69) is 29.1 Å². The van der Waals surface area contributed by atoms with Gasteiger partial charge in [0, 0.05) is 30.5 Å². The fraction of sp³-hybridized carbons (Fsp3) is 0.650. The topological polar surface area (TPSA) is 51.0 Å². The lowest BCUT2D eigenvalue weighted by molar-refractivity contribution is 0.165. The molecule has 0 N–H and O–H groups in total. The van der Waals surface area contributed by atoms with Crippen LogP contribution in [0.2, 0.25) is 0 Å². The number of hydrogen-bond acceptors (Lipinski definition) is 5. The van der Waals surface area contributed by atoms with Crippen LogP contribution >= 0.6 is 11.3 Å². The van der Waals surface area contributed by atoms with Gasteiger partial charge in [0.1, 0.15) is 0 Å². The van der Waals surface area contributed by atoms with E-state index in [0.717, 1.165) is 50.6 Å². The van der Waals surface area contributed by atoms with E-state index < -0.39 is 0 Å². The molecule has 0 aromatic carbocycles. The highest BCUT2D eigenvalue weighted by atomic mass is 32.1. The Labute approximate surface area is 159 Å². The molecule has 2 aliphatic rings. The number of piperidine rings is 1. The van der Waals surface area contributed by atoms with Gasteiger partial charge >= 0.3 is 0 Å². The van der Waals surface area contributed by atoms with Crippen molar-refractivity contribution in [2.75, 3.05) is 13.1 Å². The van der Waals surface area contributed by atoms with Crippen molar-refractivity contribution in [1.82, 2.24) is 19.4 Å². The van der Waals surface area contributed by atoms with Gasteiger partial charge in [-0.15, -0.1) is 11.3 Å². The minimum absolute atomic E-state index is 0.0845. The largest absolute Gasteiger partial charge is 0.299 e. The van der Waals surface area contributed by atoms with Crippen LogP contribution in [-0.2, 0) is 13.1 Å². The highest BCUT2D eigenvalue weighted by Crippen LogP contribution is 2.41. The van der Waals surface area contributed by atoms with Crippen LogP contribution < -0.4 is 5.56 Å². The van der Waals surface area contributed by atoms with Gasteiger partial charge in [-0.2, -0.15) is 0 Å². The highest BCUT2D eigenvalue weighted by Gasteiger charge is 2.27. The van der Waals surface area contributed by atoms with E-state index in [0.29, 0.717) is 11.8 Å². The fourth-order valence-electron chi connectivity index (χ4n) is 3.64. The van der Waals surface area contributed by atoms with Gasteiger partial charge < -0.3 is 0 Å². The Bertz CT molecular complexity index is 800. The Kier molecular flexibility index (Phi) is 5.23. The molecule has 3 heterocycles. The maximum absolute atomic E-state index is 12.3. The van der Waals surface area contributed by atoms with Gasteiger partial charge in [-0.05, 0) is 50.6 Å². The van der Waals surface area contributed by atoms with Crippen LogP contribution in [0.15, 0.2) is 22.6 Å². The van der Waals surface area contributed by atoms with Crippen molar-refractivity contribution in [3.05, 3.63) is 44.5 Å². The number of nitrogens with zero attached hydrogens (tertiary/aromatic N) is 4. The molecular weight excluding hydrogens is 344 g/mol. The zero-order chi connectivity index (χ0) is 18.1. The fourth-order valence-corrected chi connectivity index (χ4v) is 4.62. The van der Waals surface area contributed by atoms with E-state index in [1.807, 2.05) is 11.3 Å². The van der Waals surface area contributed by atoms with Gasteiger partial charge in [0.05, 0.1) is 22.7 Å². The summed E-state index contributed by atoms with van der Waals surface area (Å²) in [6.45, 7) is 8.08. The number of aromatic nitrogens is 3. The smallest absolute Gasteiger partial charge is 0.253 e. The molecule has 0 unspecified atom stereocenters. The van der Waals surface area contributed by atoms with E-state index in [1.54, 1.807) is 17.0 Å². The molecule has 5 nitrogen and oxygen atoms in total. The Morgan fingerprint density at radius 3 is 2.65 bits per heavy atom. The van der Waals surface area contributed by atoms with Crippen LogP contribution in [0.3, 0.4) is 0 Å². The zero-order valence-corrected chi connectivity index (χ0v) is 16.5. The van der Waals surface area contributed by atoms with Crippen molar-refractivity contribution < 1.29 is 0 Å². The maximum atomic E-state index is 12.3. The van der Waals surface area contributed by atoms with Gasteiger partial charge in [-0.25, -0.2) is 9.97 Å². The molecule has 1 aliphatic heterocycles. The van der Waals surface area contributed by atoms with Crippen molar-refractivity contribution in [2.24, 2.45) is 5.92 Å². The van der Waals surface area contributed by atoms with E-state index in [1.165, 1.54) is 23.5 Å². The molecule has 26 heavy (non-hydrogen) atoms. The summed E-state index contributed by atoms with van der Waals surface area (Å²) < 4.78 is 1.79. The van der Waals surface area contributed by atoms with Crippen molar-refractivity contribution >= 4 is 11.3 Å². The molecule has 0 atom stereocenters. The average Bonchev–Trinajstić information content (AvgIpc) is 3.38. The molecule has 4 rings (SSSR count). The normalized spacial score (nSPS) is 19.3. The van der Waals surface area contributed by atoms with Crippen molar-refractivity contribution in [1.29, 1.82) is 0 Å². The third-order valence-electron chi connectivity index (χ3n) is 5.54. The van der Waals surface area contributed by atoms with Crippen molar-refractivity contribution in [3.63, 3.8) is 0 Å². The average molecular weight is 373 g/mol. The van der Waals surface area contributed by atoms with Crippen LogP contribution in [0.1, 0.15) is 67.8 Å². The standard InChI is InChI=1S/C20H28N4OS/c1-14(2)18-9-19(25)24(13-21-18)10-15-5-7-23(8-6-15)11-17-12-26-20(22-17)16-3-4-16/h9,12-16H,3-8,10-11H2,1-2H3. The summed E-state index contributed by atoms with van der Waals surface area (Å²) in [6, 6.07) is 1.69.